The van der Waals surface area contributed by atoms with E-state index in [0.29, 0.717) is 16.5 Å². The number of halogens is 1. The first-order valence-electron chi connectivity index (χ1n) is 7.32. The lowest BCUT2D eigenvalue weighted by atomic mass is 9.83. The molecule has 1 aromatic carbocycles. The molecule has 2 atom stereocenters. The van der Waals surface area contributed by atoms with Gasteiger partial charge in [-0.1, -0.05) is 24.4 Å². The molecule has 1 aliphatic carbocycles. The summed E-state index contributed by atoms with van der Waals surface area (Å²) in [6, 6.07) is 7.44. The van der Waals surface area contributed by atoms with Crippen molar-refractivity contribution in [3.05, 3.63) is 28.8 Å². The third-order valence-corrected chi connectivity index (χ3v) is 4.35. The van der Waals surface area contributed by atoms with Crippen molar-refractivity contribution in [3.63, 3.8) is 0 Å². The van der Waals surface area contributed by atoms with E-state index in [2.05, 4.69) is 11.4 Å². The molecule has 1 aliphatic rings. The summed E-state index contributed by atoms with van der Waals surface area (Å²) >= 11 is 5.99. The number of nitriles is 1. The Kier molecular flexibility index (Phi) is 5.70. The van der Waals surface area contributed by atoms with Crippen molar-refractivity contribution in [3.8, 4) is 6.07 Å². The molecule has 0 bridgehead atoms. The number of nitrogens with one attached hydrogen (secondary N) is 1. The van der Waals surface area contributed by atoms with Crippen LogP contribution < -0.4 is 5.32 Å². The Morgan fingerprint density at radius 1 is 1.35 bits per heavy atom. The highest BCUT2D eigenvalue weighted by atomic mass is 35.5. The van der Waals surface area contributed by atoms with Crippen LogP contribution in [0.5, 0.6) is 0 Å². The van der Waals surface area contributed by atoms with E-state index in [0.717, 1.165) is 37.9 Å². The number of nitrogens with zero attached hydrogens (tertiary/aromatic N) is 1. The average molecular weight is 293 g/mol. The lowest BCUT2D eigenvalue weighted by molar-refractivity contribution is 0.0648. The molecule has 108 valence electrons. The third-order valence-electron chi connectivity index (χ3n) is 4.04. The molecule has 0 heterocycles. The summed E-state index contributed by atoms with van der Waals surface area (Å²) in [4.78, 5) is 0. The van der Waals surface area contributed by atoms with E-state index in [1.165, 1.54) is 12.8 Å². The van der Waals surface area contributed by atoms with Gasteiger partial charge in [0.05, 0.1) is 16.7 Å². The smallest absolute Gasteiger partial charge is 0.101 e. The van der Waals surface area contributed by atoms with Gasteiger partial charge in [0.15, 0.2) is 0 Å². The second kappa shape index (κ2) is 7.52. The normalized spacial score (nSPS) is 22.2. The van der Waals surface area contributed by atoms with Crippen LogP contribution in [0.4, 0.5) is 5.69 Å². The fraction of sp³-hybridized carbons (Fsp3) is 0.562. The summed E-state index contributed by atoms with van der Waals surface area (Å²) in [6.07, 6.45) is 6.54. The van der Waals surface area contributed by atoms with Crippen LogP contribution in [0.2, 0.25) is 5.02 Å². The zero-order valence-electron chi connectivity index (χ0n) is 11.6. The lowest BCUT2D eigenvalue weighted by Crippen LogP contribution is -2.24. The van der Waals surface area contributed by atoms with Gasteiger partial charge in [-0.3, -0.25) is 0 Å². The highest BCUT2D eigenvalue weighted by molar-refractivity contribution is 6.32. The topological polar surface area (TPSA) is 56.0 Å². The van der Waals surface area contributed by atoms with Crippen LogP contribution in [0.25, 0.3) is 0 Å². The predicted molar refractivity (Wildman–Crippen MR) is 81.9 cm³/mol. The summed E-state index contributed by atoms with van der Waals surface area (Å²) in [5.74, 6) is 0.468. The zero-order chi connectivity index (χ0) is 14.4. The van der Waals surface area contributed by atoms with Crippen LogP contribution in [0.1, 0.15) is 44.1 Å². The molecule has 0 radical (unpaired) electrons. The Balaban J connectivity index is 1.73. The molecule has 0 saturated heterocycles. The van der Waals surface area contributed by atoms with E-state index in [1.54, 1.807) is 12.1 Å². The fourth-order valence-electron chi connectivity index (χ4n) is 2.84. The van der Waals surface area contributed by atoms with Gasteiger partial charge >= 0.3 is 0 Å². The van der Waals surface area contributed by atoms with Gasteiger partial charge in [-0.15, -0.1) is 0 Å². The van der Waals surface area contributed by atoms with E-state index >= 15 is 0 Å². The molecular weight excluding hydrogens is 272 g/mol. The Morgan fingerprint density at radius 3 is 2.85 bits per heavy atom. The molecule has 2 N–H and O–H groups in total. The van der Waals surface area contributed by atoms with Gasteiger partial charge in [-0.2, -0.15) is 5.26 Å². The number of hydrogen-bond acceptors (Lipinski definition) is 3. The van der Waals surface area contributed by atoms with E-state index in [1.807, 2.05) is 6.07 Å². The second-order valence-electron chi connectivity index (χ2n) is 5.49. The molecule has 0 aliphatic heterocycles. The Bertz CT molecular complexity index is 484. The third kappa shape index (κ3) is 4.13. The molecule has 0 aromatic heterocycles. The van der Waals surface area contributed by atoms with Gasteiger partial charge in [-0.05, 0) is 49.8 Å². The monoisotopic (exact) mass is 292 g/mol. The van der Waals surface area contributed by atoms with Crippen LogP contribution >= 0.6 is 11.6 Å². The number of anilines is 1. The lowest BCUT2D eigenvalue weighted by Gasteiger charge is -2.27. The van der Waals surface area contributed by atoms with Crippen molar-refractivity contribution in [2.24, 2.45) is 5.92 Å². The Morgan fingerprint density at radius 2 is 2.15 bits per heavy atom. The molecule has 0 amide bonds. The van der Waals surface area contributed by atoms with Gasteiger partial charge in [0.1, 0.15) is 6.07 Å². The highest BCUT2D eigenvalue weighted by Crippen LogP contribution is 2.28. The van der Waals surface area contributed by atoms with E-state index in [-0.39, 0.29) is 6.10 Å². The second-order valence-corrected chi connectivity index (χ2v) is 5.89. The highest BCUT2D eigenvalue weighted by Gasteiger charge is 2.22. The maximum absolute atomic E-state index is 9.91. The van der Waals surface area contributed by atoms with Gasteiger partial charge < -0.3 is 10.4 Å². The summed E-state index contributed by atoms with van der Waals surface area (Å²) in [5.41, 5.74) is 1.45. The molecule has 2 unspecified atom stereocenters. The molecule has 20 heavy (non-hydrogen) atoms. The number of rotatable bonds is 5. The van der Waals surface area contributed by atoms with Crippen LogP contribution in [-0.4, -0.2) is 17.8 Å². The van der Waals surface area contributed by atoms with Crippen molar-refractivity contribution in [1.82, 2.24) is 0 Å². The summed E-state index contributed by atoms with van der Waals surface area (Å²) < 4.78 is 0. The number of aliphatic hydroxyl groups excluding tert-OH is 1. The van der Waals surface area contributed by atoms with Crippen molar-refractivity contribution >= 4 is 17.3 Å². The number of hydrogen-bond donors (Lipinski definition) is 2. The summed E-state index contributed by atoms with van der Waals surface area (Å²) in [7, 11) is 0. The van der Waals surface area contributed by atoms with Crippen molar-refractivity contribution in [2.45, 2.75) is 44.6 Å². The minimum atomic E-state index is -0.104. The van der Waals surface area contributed by atoms with Crippen LogP contribution in [0, 0.1) is 17.2 Å². The molecule has 1 fully saturated rings. The Labute approximate surface area is 125 Å². The molecule has 2 rings (SSSR count). The van der Waals surface area contributed by atoms with Crippen LogP contribution in [0.15, 0.2) is 18.2 Å². The van der Waals surface area contributed by atoms with E-state index in [4.69, 9.17) is 16.9 Å². The standard InChI is InChI=1S/C16H21ClN2O/c17-15-10-14(8-7-13(15)11-18)19-9-3-5-12-4-1-2-6-16(12)20/h7-8,10,12,16,19-20H,1-6,9H2. The SMILES string of the molecule is N#Cc1ccc(NCCCC2CCCCC2O)cc1Cl. The fourth-order valence-corrected chi connectivity index (χ4v) is 3.06. The minimum Gasteiger partial charge on any atom is -0.393 e. The number of aliphatic hydroxyl groups is 1. The first-order valence-corrected chi connectivity index (χ1v) is 7.70. The molecular formula is C16H21ClN2O. The van der Waals surface area contributed by atoms with Gasteiger partial charge in [0.25, 0.3) is 0 Å². The van der Waals surface area contributed by atoms with Crippen LogP contribution in [0.3, 0.4) is 0 Å². The van der Waals surface area contributed by atoms with Crippen molar-refractivity contribution in [1.29, 1.82) is 5.26 Å². The van der Waals surface area contributed by atoms with Gasteiger partial charge in [-0.25, -0.2) is 0 Å². The summed E-state index contributed by atoms with van der Waals surface area (Å²) in [6.45, 7) is 0.867. The van der Waals surface area contributed by atoms with Gasteiger partial charge in [0, 0.05) is 12.2 Å². The van der Waals surface area contributed by atoms with Crippen LogP contribution in [-0.2, 0) is 0 Å². The minimum absolute atomic E-state index is 0.104. The molecule has 3 nitrogen and oxygen atoms in total. The van der Waals surface area contributed by atoms with E-state index in [9.17, 15) is 5.11 Å². The molecule has 0 spiro atoms. The largest absolute Gasteiger partial charge is 0.393 e. The van der Waals surface area contributed by atoms with Gasteiger partial charge in [0.2, 0.25) is 0 Å². The predicted octanol–water partition coefficient (Wildman–Crippen LogP) is 3.95. The zero-order valence-corrected chi connectivity index (χ0v) is 12.4. The van der Waals surface area contributed by atoms with Crippen molar-refractivity contribution < 1.29 is 5.11 Å². The Hall–Kier alpha value is -1.24. The maximum Gasteiger partial charge on any atom is 0.101 e. The average Bonchev–Trinajstić information content (AvgIpc) is 2.45. The first kappa shape index (κ1) is 15.2. The molecule has 1 aromatic rings. The summed E-state index contributed by atoms with van der Waals surface area (Å²) in [5, 5.41) is 22.5. The number of benzene rings is 1. The molecule has 1 saturated carbocycles. The van der Waals surface area contributed by atoms with Crippen molar-refractivity contribution in [2.75, 3.05) is 11.9 Å². The maximum atomic E-state index is 9.91. The quantitative estimate of drug-likeness (QED) is 0.808. The first-order chi connectivity index (χ1) is 9.70. The van der Waals surface area contributed by atoms with E-state index < -0.39 is 0 Å². The molecule has 4 heteroatoms.